The maximum absolute atomic E-state index is 14.7. The molecule has 0 heterocycles. The number of hydrogen-bond acceptors (Lipinski definition) is 5. The monoisotopic (exact) mass is 692 g/mol. The van der Waals surface area contributed by atoms with Crippen molar-refractivity contribution in [2.45, 2.75) is 132 Å². The summed E-state index contributed by atoms with van der Waals surface area (Å²) in [6.07, 6.45) is 12.7. The van der Waals surface area contributed by atoms with Gasteiger partial charge in [0.2, 0.25) is 0 Å². The number of alkyl halides is 6. The lowest BCUT2D eigenvalue weighted by Crippen LogP contribution is -2.55. The van der Waals surface area contributed by atoms with Crippen LogP contribution in [0.25, 0.3) is 0 Å². The van der Waals surface area contributed by atoms with Gasteiger partial charge < -0.3 is 13.8 Å². The van der Waals surface area contributed by atoms with Crippen molar-refractivity contribution >= 4 is 23.1 Å². The van der Waals surface area contributed by atoms with E-state index in [-0.39, 0.29) is 23.5 Å². The predicted molar refractivity (Wildman–Crippen MR) is 168 cm³/mol. The summed E-state index contributed by atoms with van der Waals surface area (Å²) < 4.78 is 123. The second-order valence-electron chi connectivity index (χ2n) is 11.3. The first-order valence-electron chi connectivity index (χ1n) is 15.3. The van der Waals surface area contributed by atoms with Crippen LogP contribution in [0.15, 0.2) is 37.2 Å². The van der Waals surface area contributed by atoms with Gasteiger partial charge in [0.05, 0.1) is 12.0 Å². The second-order valence-corrected chi connectivity index (χ2v) is 13.1. The van der Waals surface area contributed by atoms with Gasteiger partial charge in [0.1, 0.15) is 11.6 Å². The van der Waals surface area contributed by atoms with Gasteiger partial charge in [-0.05, 0) is 79.0 Å². The van der Waals surface area contributed by atoms with Crippen LogP contribution in [-0.4, -0.2) is 37.4 Å². The Labute approximate surface area is 269 Å². The highest BCUT2D eigenvalue weighted by Gasteiger charge is 2.76. The third-order valence-corrected chi connectivity index (χ3v) is 9.77. The van der Waals surface area contributed by atoms with Gasteiger partial charge in [-0.2, -0.15) is 26.3 Å². The molecule has 0 saturated heterocycles. The van der Waals surface area contributed by atoms with Gasteiger partial charge in [-0.3, -0.25) is 0 Å². The van der Waals surface area contributed by atoms with Crippen molar-refractivity contribution in [2.75, 3.05) is 7.11 Å². The van der Waals surface area contributed by atoms with Crippen molar-refractivity contribution in [2.24, 2.45) is 0 Å². The average Bonchev–Trinajstić information content (AvgIpc) is 3.05. The number of allylic oxidation sites excluding steroid dienone is 2. The van der Waals surface area contributed by atoms with Gasteiger partial charge in [0.25, 0.3) is 11.1 Å². The largest absolute Gasteiger partial charge is 0.424 e. The van der Waals surface area contributed by atoms with Gasteiger partial charge in [0, 0.05) is 7.11 Å². The van der Waals surface area contributed by atoms with E-state index < -0.39 is 45.4 Å². The van der Waals surface area contributed by atoms with Crippen molar-refractivity contribution in [3.05, 3.63) is 53.9 Å². The predicted octanol–water partition coefficient (Wildman–Crippen LogP) is 11.4. The molecule has 0 radical (unpaired) electrons. The fourth-order valence-electron chi connectivity index (χ4n) is 5.87. The van der Waals surface area contributed by atoms with E-state index in [4.69, 9.17) is 13.8 Å². The van der Waals surface area contributed by atoms with Gasteiger partial charge >= 0.3 is 16.4 Å². The molecule has 3 rings (SSSR count). The molecule has 2 saturated carbocycles. The minimum atomic E-state index is -6.12. The van der Waals surface area contributed by atoms with Gasteiger partial charge in [-0.1, -0.05) is 84.1 Å². The van der Waals surface area contributed by atoms with Crippen LogP contribution in [0.1, 0.15) is 132 Å². The van der Waals surface area contributed by atoms with Crippen LogP contribution in [0.3, 0.4) is 0 Å². The lowest BCUT2D eigenvalue weighted by Gasteiger charge is -2.32. The highest BCUT2D eigenvalue weighted by atomic mass is 32.2. The Morgan fingerprint density at radius 1 is 1.00 bits per heavy atom. The first-order valence-corrected chi connectivity index (χ1v) is 17.2. The fourth-order valence-corrected chi connectivity index (χ4v) is 6.97. The number of benzene rings is 1. The quantitative estimate of drug-likeness (QED) is 0.122. The minimum Gasteiger partial charge on any atom is -0.400 e. The highest BCUT2D eigenvalue weighted by molar-refractivity contribution is 7.95. The summed E-state index contributed by atoms with van der Waals surface area (Å²) in [7, 11) is 1.00. The van der Waals surface area contributed by atoms with Gasteiger partial charge in [0.15, 0.2) is 0 Å². The smallest absolute Gasteiger partial charge is 0.400 e. The minimum absolute atomic E-state index is 0.0965. The van der Waals surface area contributed by atoms with E-state index in [1.165, 1.54) is 0 Å². The summed E-state index contributed by atoms with van der Waals surface area (Å²) in [4.78, 5) is 0. The highest BCUT2D eigenvalue weighted by Crippen LogP contribution is 2.53. The zero-order valence-electron chi connectivity index (χ0n) is 26.2. The first-order chi connectivity index (χ1) is 21.2. The molecule has 4 nitrogen and oxygen atoms in total. The zero-order valence-corrected chi connectivity index (χ0v) is 27.9. The summed E-state index contributed by atoms with van der Waals surface area (Å²) in [6, 6.07) is 3.78. The van der Waals surface area contributed by atoms with Crippen LogP contribution in [0.4, 0.5) is 30.7 Å². The van der Waals surface area contributed by atoms with Crippen molar-refractivity contribution in [3.63, 3.8) is 0 Å². The molecule has 1 aromatic carbocycles. The van der Waals surface area contributed by atoms with Crippen molar-refractivity contribution in [1.29, 1.82) is 0 Å². The Morgan fingerprint density at radius 2 is 1.49 bits per heavy atom. The van der Waals surface area contributed by atoms with Crippen molar-refractivity contribution in [1.82, 2.24) is 0 Å². The molecule has 13 heteroatoms. The average molecular weight is 693 g/mol. The SMILES string of the molecule is C=CC(=C)F.CCCC(CC)c1cc(C2CCCCC2)cc(C2CCCCC2)c1OS(=O)C(F)(F)C(F)(F)C(F)(F)SO.CO. The Hall–Kier alpha value is -1.57. The molecule has 2 aliphatic rings. The molecular weight excluding hydrogens is 645 g/mol. The van der Waals surface area contributed by atoms with E-state index in [2.05, 4.69) is 13.2 Å². The topological polar surface area (TPSA) is 66.8 Å². The number of aliphatic hydroxyl groups is 1. The molecule has 260 valence electrons. The van der Waals surface area contributed by atoms with Crippen molar-refractivity contribution < 1.29 is 48.8 Å². The van der Waals surface area contributed by atoms with E-state index in [1.54, 1.807) is 0 Å². The summed E-state index contributed by atoms with van der Waals surface area (Å²) >= 11 is -5.85. The molecular formula is C32H47F7O4S2. The van der Waals surface area contributed by atoms with Crippen LogP contribution < -0.4 is 4.18 Å². The van der Waals surface area contributed by atoms with Crippen molar-refractivity contribution in [3.8, 4) is 5.75 Å². The van der Waals surface area contributed by atoms with E-state index in [0.29, 0.717) is 24.0 Å². The van der Waals surface area contributed by atoms with Gasteiger partial charge in [-0.15, -0.1) is 0 Å². The van der Waals surface area contributed by atoms with E-state index in [0.717, 1.165) is 89.4 Å². The summed E-state index contributed by atoms with van der Waals surface area (Å²) in [6.45, 7) is 9.87. The molecule has 2 fully saturated rings. The Morgan fingerprint density at radius 3 is 1.91 bits per heavy atom. The molecule has 0 aliphatic heterocycles. The van der Waals surface area contributed by atoms with Crippen LogP contribution in [0, 0.1) is 0 Å². The number of rotatable bonds is 13. The Kier molecular flexibility index (Phi) is 17.8. The molecule has 0 bridgehead atoms. The molecule has 0 spiro atoms. The lowest BCUT2D eigenvalue weighted by molar-refractivity contribution is -0.241. The lowest BCUT2D eigenvalue weighted by atomic mass is 9.77. The molecule has 2 atom stereocenters. The standard InChI is InChI=1S/C27H38F6O3S2.C4H5F.CH4O/c1-3-11-18(4-2)22-16-21(19-12-7-5-8-13-19)17-23(20-14-9-6-10-15-20)24(22)36-38(35)27(32,33)25(28,29)26(30,31)37-34;1-3-4(2)5;1-2/h16-20,34H,3-15H2,1-2H3;3H,1-2H2;2H,1H3. The third kappa shape index (κ3) is 10.7. The summed E-state index contributed by atoms with van der Waals surface area (Å²) in [5.41, 5.74) is 2.15. The number of halogens is 7. The summed E-state index contributed by atoms with van der Waals surface area (Å²) in [5, 5.41) is -4.33. The molecule has 2 unspecified atom stereocenters. The first kappa shape index (κ1) is 41.5. The van der Waals surface area contributed by atoms with Crippen LogP contribution >= 0.6 is 12.0 Å². The molecule has 0 aromatic heterocycles. The Balaban J connectivity index is 0.00000131. The third-order valence-electron chi connectivity index (χ3n) is 8.30. The summed E-state index contributed by atoms with van der Waals surface area (Å²) in [5.74, 6) is -6.72. The second kappa shape index (κ2) is 19.3. The van der Waals surface area contributed by atoms with E-state index in [1.807, 2.05) is 26.0 Å². The van der Waals surface area contributed by atoms with Crippen LogP contribution in [-0.2, 0) is 11.1 Å². The maximum Gasteiger partial charge on any atom is 0.424 e. The number of hydrogen-bond donors (Lipinski definition) is 2. The fraction of sp³-hybridized carbons (Fsp3) is 0.688. The normalized spacial score (nSPS) is 18.0. The zero-order chi connectivity index (χ0) is 34.4. The molecule has 2 N–H and O–H groups in total. The molecule has 1 aromatic rings. The molecule has 0 amide bonds. The van der Waals surface area contributed by atoms with Gasteiger partial charge in [-0.25, -0.2) is 8.60 Å². The van der Waals surface area contributed by atoms with E-state index >= 15 is 0 Å². The molecule has 2 aliphatic carbocycles. The van der Waals surface area contributed by atoms with Crippen LogP contribution in [0.5, 0.6) is 5.75 Å². The Bertz CT molecular complexity index is 1060. The molecule has 45 heavy (non-hydrogen) atoms. The number of aliphatic hydroxyl groups excluding tert-OH is 1. The van der Waals surface area contributed by atoms with E-state index in [9.17, 15) is 34.9 Å². The van der Waals surface area contributed by atoms with Crippen LogP contribution in [0.2, 0.25) is 0 Å². The maximum atomic E-state index is 14.7.